The van der Waals surface area contributed by atoms with Crippen LogP contribution in [-0.2, 0) is 25.6 Å². The van der Waals surface area contributed by atoms with E-state index in [4.69, 9.17) is 10.8 Å². The highest BCUT2D eigenvalue weighted by atomic mass is 32.2. The molecule has 0 spiro atoms. The Bertz CT molecular complexity index is 742. The third kappa shape index (κ3) is 8.97. The van der Waals surface area contributed by atoms with Crippen molar-refractivity contribution in [1.29, 1.82) is 0 Å². The second kappa shape index (κ2) is 13.0. The van der Waals surface area contributed by atoms with E-state index in [-0.39, 0.29) is 12.3 Å². The van der Waals surface area contributed by atoms with Gasteiger partial charge in [-0.1, -0.05) is 13.8 Å². The first-order valence-electron chi connectivity index (χ1n) is 9.92. The van der Waals surface area contributed by atoms with Gasteiger partial charge in [0, 0.05) is 18.3 Å². The van der Waals surface area contributed by atoms with Crippen molar-refractivity contribution in [2.45, 2.75) is 57.8 Å². The molecule has 0 fully saturated rings. The summed E-state index contributed by atoms with van der Waals surface area (Å²) < 4.78 is 0. The van der Waals surface area contributed by atoms with Crippen molar-refractivity contribution in [2.24, 2.45) is 11.7 Å². The number of rotatable bonds is 13. The average molecular weight is 457 g/mol. The van der Waals surface area contributed by atoms with E-state index in [1.165, 1.54) is 31.2 Å². The molecule has 7 N–H and O–H groups in total. The minimum Gasteiger partial charge on any atom is -0.480 e. The summed E-state index contributed by atoms with van der Waals surface area (Å²) >= 11 is 1.48. The largest absolute Gasteiger partial charge is 0.480 e. The highest BCUT2D eigenvalue weighted by molar-refractivity contribution is 7.98. The van der Waals surface area contributed by atoms with E-state index in [0.717, 1.165) is 0 Å². The third-order valence-electron chi connectivity index (χ3n) is 4.61. The van der Waals surface area contributed by atoms with Crippen molar-refractivity contribution in [3.63, 3.8) is 0 Å². The number of amides is 3. The molecule has 4 unspecified atom stereocenters. The third-order valence-corrected chi connectivity index (χ3v) is 5.25. The molecule has 0 saturated heterocycles. The number of hydrogen-bond acceptors (Lipinski definition) is 7. The normalized spacial score (nSPS) is 14.9. The molecule has 0 aliphatic carbocycles. The fourth-order valence-electron chi connectivity index (χ4n) is 2.55. The minimum atomic E-state index is -1.18. The second-order valence-corrected chi connectivity index (χ2v) is 8.51. The van der Waals surface area contributed by atoms with Crippen LogP contribution in [0.25, 0.3) is 0 Å². The van der Waals surface area contributed by atoms with E-state index >= 15 is 0 Å². The van der Waals surface area contributed by atoms with Gasteiger partial charge in [-0.2, -0.15) is 11.8 Å². The van der Waals surface area contributed by atoms with E-state index in [1.807, 2.05) is 6.26 Å². The molecule has 31 heavy (non-hydrogen) atoms. The Morgan fingerprint density at radius 2 is 1.71 bits per heavy atom. The Morgan fingerprint density at radius 3 is 2.23 bits per heavy atom. The zero-order valence-electron chi connectivity index (χ0n) is 18.2. The number of carbonyl (C=O) groups is 4. The van der Waals surface area contributed by atoms with Crippen LogP contribution in [-0.4, -0.2) is 74.9 Å². The van der Waals surface area contributed by atoms with Crippen molar-refractivity contribution in [1.82, 2.24) is 25.9 Å². The summed E-state index contributed by atoms with van der Waals surface area (Å²) in [5.41, 5.74) is 6.51. The Morgan fingerprint density at radius 1 is 1.10 bits per heavy atom. The van der Waals surface area contributed by atoms with E-state index in [9.17, 15) is 19.2 Å². The zero-order valence-corrected chi connectivity index (χ0v) is 19.0. The molecule has 174 valence electrons. The summed E-state index contributed by atoms with van der Waals surface area (Å²) in [7, 11) is 0. The van der Waals surface area contributed by atoms with E-state index < -0.39 is 47.9 Å². The van der Waals surface area contributed by atoms with Gasteiger partial charge in [-0.15, -0.1) is 0 Å². The molecule has 1 heterocycles. The first-order valence-corrected chi connectivity index (χ1v) is 11.3. The Balaban J connectivity index is 2.97. The van der Waals surface area contributed by atoms with Crippen molar-refractivity contribution in [3.8, 4) is 0 Å². The molecular formula is C19H32N6O5S. The lowest BCUT2D eigenvalue weighted by molar-refractivity contribution is -0.141. The molecule has 0 aliphatic rings. The number of carboxylic acids is 1. The van der Waals surface area contributed by atoms with Crippen molar-refractivity contribution >= 4 is 35.5 Å². The van der Waals surface area contributed by atoms with Gasteiger partial charge in [-0.3, -0.25) is 19.2 Å². The van der Waals surface area contributed by atoms with Gasteiger partial charge in [0.1, 0.15) is 18.1 Å². The molecule has 0 bridgehead atoms. The highest BCUT2D eigenvalue weighted by Crippen LogP contribution is 2.06. The summed E-state index contributed by atoms with van der Waals surface area (Å²) in [6.07, 6.45) is 5.24. The van der Waals surface area contributed by atoms with Crippen LogP contribution in [0.4, 0.5) is 0 Å². The van der Waals surface area contributed by atoms with Crippen LogP contribution in [0.15, 0.2) is 12.5 Å². The van der Waals surface area contributed by atoms with Gasteiger partial charge < -0.3 is 31.8 Å². The Hall–Kier alpha value is -2.60. The number of thioether (sulfide) groups is 1. The number of aromatic nitrogens is 2. The van der Waals surface area contributed by atoms with Crippen LogP contribution < -0.4 is 21.7 Å². The maximum Gasteiger partial charge on any atom is 0.325 e. The number of nitrogens with two attached hydrogens (primary N) is 1. The Kier molecular flexibility index (Phi) is 11.0. The number of imidazole rings is 1. The van der Waals surface area contributed by atoms with Crippen molar-refractivity contribution in [3.05, 3.63) is 18.2 Å². The number of aromatic amines is 1. The molecular weight excluding hydrogens is 424 g/mol. The molecule has 3 amide bonds. The van der Waals surface area contributed by atoms with Gasteiger partial charge >= 0.3 is 5.97 Å². The molecule has 11 nitrogen and oxygen atoms in total. The number of nitrogens with zero attached hydrogens (tertiary/aromatic N) is 1. The highest BCUT2D eigenvalue weighted by Gasteiger charge is 2.30. The fraction of sp³-hybridized carbons (Fsp3) is 0.632. The number of H-pyrrole nitrogens is 1. The molecule has 0 aromatic carbocycles. The summed E-state index contributed by atoms with van der Waals surface area (Å²) in [5.74, 6) is -2.43. The van der Waals surface area contributed by atoms with Crippen molar-refractivity contribution in [2.75, 3.05) is 12.0 Å². The lowest BCUT2D eigenvalue weighted by atomic mass is 10.0. The first-order chi connectivity index (χ1) is 14.6. The van der Waals surface area contributed by atoms with Gasteiger partial charge in [-0.05, 0) is 31.3 Å². The van der Waals surface area contributed by atoms with Crippen molar-refractivity contribution < 1.29 is 24.3 Å². The number of carboxylic acid groups (broad SMARTS) is 1. The topological polar surface area (TPSA) is 179 Å². The standard InChI is InChI=1S/C19H32N6O5S/c1-10(2)15(20)18(28)25-14(7-12-8-21-9-22-12)17(27)24-13(5-6-31-4)16(26)23-11(3)19(29)30/h8-11,13-15H,5-7,20H2,1-4H3,(H,21,22)(H,23,26)(H,24,27)(H,25,28)(H,29,30). The number of nitrogens with one attached hydrogen (secondary N) is 4. The van der Waals surface area contributed by atoms with Crippen LogP contribution in [0.1, 0.15) is 32.9 Å². The SMILES string of the molecule is CSCCC(NC(=O)C(Cc1cnc[nH]1)NC(=O)C(N)C(C)C)C(=O)NC(C)C(=O)O. The molecule has 0 radical (unpaired) electrons. The molecule has 4 atom stereocenters. The lowest BCUT2D eigenvalue weighted by Crippen LogP contribution is -2.58. The van der Waals surface area contributed by atoms with Crippen LogP contribution in [0.2, 0.25) is 0 Å². The number of aliphatic carboxylic acids is 1. The predicted octanol–water partition coefficient (Wildman–Crippen LogP) is -0.752. The average Bonchev–Trinajstić information content (AvgIpc) is 3.22. The predicted molar refractivity (Wildman–Crippen MR) is 117 cm³/mol. The summed E-state index contributed by atoms with van der Waals surface area (Å²) in [4.78, 5) is 55.8. The maximum absolute atomic E-state index is 13.0. The van der Waals surface area contributed by atoms with Crippen LogP contribution in [0.3, 0.4) is 0 Å². The first kappa shape index (κ1) is 26.4. The number of hydrogen-bond donors (Lipinski definition) is 6. The number of carbonyl (C=O) groups excluding carboxylic acids is 3. The van der Waals surface area contributed by atoms with E-state index in [0.29, 0.717) is 17.9 Å². The Labute approximate surface area is 185 Å². The second-order valence-electron chi connectivity index (χ2n) is 7.52. The molecule has 0 saturated carbocycles. The lowest BCUT2D eigenvalue weighted by Gasteiger charge is -2.25. The summed E-state index contributed by atoms with van der Waals surface area (Å²) in [6.45, 7) is 4.92. The summed E-state index contributed by atoms with van der Waals surface area (Å²) in [6, 6.07) is -3.87. The summed E-state index contributed by atoms with van der Waals surface area (Å²) in [5, 5.41) is 16.7. The monoisotopic (exact) mass is 456 g/mol. The van der Waals surface area contributed by atoms with Crippen LogP contribution >= 0.6 is 11.8 Å². The zero-order chi connectivity index (χ0) is 23.6. The van der Waals surface area contributed by atoms with E-state index in [2.05, 4.69) is 25.9 Å². The molecule has 1 rings (SSSR count). The van der Waals surface area contributed by atoms with Crippen LogP contribution in [0.5, 0.6) is 0 Å². The fourth-order valence-corrected chi connectivity index (χ4v) is 3.02. The van der Waals surface area contributed by atoms with Gasteiger partial charge in [-0.25, -0.2) is 4.98 Å². The minimum absolute atomic E-state index is 0.116. The van der Waals surface area contributed by atoms with E-state index in [1.54, 1.807) is 13.8 Å². The molecule has 12 heteroatoms. The quantitative estimate of drug-likeness (QED) is 0.224. The van der Waals surface area contributed by atoms with Gasteiger partial charge in [0.25, 0.3) is 0 Å². The molecule has 1 aromatic rings. The smallest absolute Gasteiger partial charge is 0.325 e. The van der Waals surface area contributed by atoms with Gasteiger partial charge in [0.15, 0.2) is 0 Å². The maximum atomic E-state index is 13.0. The van der Waals surface area contributed by atoms with Gasteiger partial charge in [0.05, 0.1) is 12.4 Å². The molecule has 0 aliphatic heterocycles. The van der Waals surface area contributed by atoms with Crippen LogP contribution in [0, 0.1) is 5.92 Å². The van der Waals surface area contributed by atoms with Gasteiger partial charge in [0.2, 0.25) is 17.7 Å². The molecule has 1 aromatic heterocycles.